The zero-order chi connectivity index (χ0) is 24.2. The number of aromatic nitrogens is 3. The second-order valence-electron chi connectivity index (χ2n) is 7.80. The molecule has 2 aromatic heterocycles. The van der Waals surface area contributed by atoms with Gasteiger partial charge in [-0.05, 0) is 44.3 Å². The first-order valence-corrected chi connectivity index (χ1v) is 12.4. The summed E-state index contributed by atoms with van der Waals surface area (Å²) in [4.78, 5) is 22.7. The lowest BCUT2D eigenvalue weighted by atomic mass is 10.2. The van der Waals surface area contributed by atoms with Crippen molar-refractivity contribution in [1.29, 1.82) is 0 Å². The third kappa shape index (κ3) is 5.46. The monoisotopic (exact) mass is 533 g/mol. The number of hydrogen-bond donors (Lipinski definition) is 0. The highest BCUT2D eigenvalue weighted by atomic mass is 35.5. The molecule has 0 saturated carbocycles. The Kier molecular flexibility index (Phi) is 9.13. The number of benzene rings is 2. The number of para-hydroxylation sites is 1. The fourth-order valence-corrected chi connectivity index (χ4v) is 5.16. The van der Waals surface area contributed by atoms with Gasteiger partial charge >= 0.3 is 0 Å². The van der Waals surface area contributed by atoms with E-state index in [4.69, 9.17) is 21.3 Å². The maximum atomic E-state index is 13.9. The quantitative estimate of drug-likeness (QED) is 0.269. The lowest BCUT2D eigenvalue weighted by Crippen LogP contribution is -2.39. The molecule has 2 heterocycles. The normalized spacial score (nSPS) is 11.0. The number of thiazole rings is 1. The number of methoxy groups -OCH3 is 1. The van der Waals surface area contributed by atoms with Crippen molar-refractivity contribution >= 4 is 56.6 Å². The van der Waals surface area contributed by atoms with E-state index in [1.807, 2.05) is 37.3 Å². The SMILES string of the molecule is CCN(CC)CCN(C(=O)c1cnn(-c2ccccc2)c1C)c1nc2c(OC)ccc(Cl)c2s1.Cl. The Morgan fingerprint density at radius 2 is 1.83 bits per heavy atom. The Bertz CT molecular complexity index is 1290. The number of amides is 1. The van der Waals surface area contributed by atoms with E-state index in [0.717, 1.165) is 35.7 Å². The highest BCUT2D eigenvalue weighted by Gasteiger charge is 2.26. The molecule has 0 atom stereocenters. The summed E-state index contributed by atoms with van der Waals surface area (Å²) in [6, 6.07) is 13.4. The summed E-state index contributed by atoms with van der Waals surface area (Å²) in [6.07, 6.45) is 1.63. The Balaban J connectivity index is 0.00000342. The van der Waals surface area contributed by atoms with Gasteiger partial charge in [0.05, 0.1) is 40.0 Å². The average molecular weight is 535 g/mol. The number of carbonyl (C=O) groups excluding carboxylic acids is 1. The smallest absolute Gasteiger partial charge is 0.263 e. The minimum atomic E-state index is -0.138. The standard InChI is InChI=1S/C25H28ClN5O2S.ClH/c1-5-29(6-2)14-15-30(25-28-22-21(33-4)13-12-20(26)23(22)34-25)24(32)19-16-27-31(17(19)3)18-10-8-7-9-11-18;/h7-13,16H,5-6,14-15H2,1-4H3;1H. The molecule has 2 aromatic carbocycles. The number of rotatable bonds is 9. The van der Waals surface area contributed by atoms with Crippen molar-refractivity contribution in [2.75, 3.05) is 38.2 Å². The lowest BCUT2D eigenvalue weighted by Gasteiger charge is -2.24. The molecule has 10 heteroatoms. The van der Waals surface area contributed by atoms with Gasteiger partial charge < -0.3 is 9.64 Å². The zero-order valence-electron chi connectivity index (χ0n) is 20.2. The van der Waals surface area contributed by atoms with Gasteiger partial charge in [0, 0.05) is 13.1 Å². The van der Waals surface area contributed by atoms with Crippen LogP contribution in [0.1, 0.15) is 29.9 Å². The van der Waals surface area contributed by atoms with E-state index in [9.17, 15) is 4.79 Å². The first-order valence-electron chi connectivity index (χ1n) is 11.3. The van der Waals surface area contributed by atoms with Crippen LogP contribution in [0.4, 0.5) is 5.13 Å². The van der Waals surface area contributed by atoms with Crippen molar-refractivity contribution in [2.24, 2.45) is 0 Å². The van der Waals surface area contributed by atoms with E-state index in [2.05, 4.69) is 23.8 Å². The molecule has 0 aliphatic heterocycles. The van der Waals surface area contributed by atoms with E-state index in [0.29, 0.717) is 33.5 Å². The molecule has 186 valence electrons. The Morgan fingerprint density at radius 1 is 1.11 bits per heavy atom. The lowest BCUT2D eigenvalue weighted by molar-refractivity contribution is 0.0983. The second-order valence-corrected chi connectivity index (χ2v) is 9.18. The van der Waals surface area contributed by atoms with Crippen molar-refractivity contribution in [2.45, 2.75) is 20.8 Å². The molecule has 0 aliphatic rings. The van der Waals surface area contributed by atoms with Gasteiger partial charge in [-0.2, -0.15) is 5.10 Å². The molecule has 0 radical (unpaired) electrons. The summed E-state index contributed by atoms with van der Waals surface area (Å²) in [5.74, 6) is 0.493. The number of fused-ring (bicyclic) bond motifs is 1. The van der Waals surface area contributed by atoms with Crippen molar-refractivity contribution in [3.8, 4) is 11.4 Å². The highest BCUT2D eigenvalue weighted by molar-refractivity contribution is 7.23. The van der Waals surface area contributed by atoms with Crippen LogP contribution in [-0.4, -0.2) is 58.9 Å². The van der Waals surface area contributed by atoms with Gasteiger partial charge in [0.15, 0.2) is 5.13 Å². The number of likely N-dealkylation sites (N-methyl/N-ethyl adjacent to an activating group) is 1. The van der Waals surface area contributed by atoms with Gasteiger partial charge in [0.1, 0.15) is 11.3 Å². The number of carbonyl (C=O) groups is 1. The van der Waals surface area contributed by atoms with Crippen LogP contribution < -0.4 is 9.64 Å². The zero-order valence-corrected chi connectivity index (χ0v) is 22.6. The van der Waals surface area contributed by atoms with Crippen molar-refractivity contribution in [1.82, 2.24) is 19.7 Å². The molecular weight excluding hydrogens is 505 g/mol. The first-order chi connectivity index (χ1) is 16.5. The number of anilines is 1. The molecule has 0 bridgehead atoms. The maximum Gasteiger partial charge on any atom is 0.263 e. The number of hydrogen-bond acceptors (Lipinski definition) is 6. The van der Waals surface area contributed by atoms with Crippen LogP contribution in [0.25, 0.3) is 15.9 Å². The predicted octanol–water partition coefficient (Wildman–Crippen LogP) is 5.86. The molecule has 1 amide bonds. The van der Waals surface area contributed by atoms with Gasteiger partial charge in [0.25, 0.3) is 5.91 Å². The molecule has 0 aliphatic carbocycles. The number of nitrogens with zero attached hydrogens (tertiary/aromatic N) is 5. The van der Waals surface area contributed by atoms with Gasteiger partial charge in [-0.15, -0.1) is 12.4 Å². The molecular formula is C25H29Cl2N5O2S. The van der Waals surface area contributed by atoms with E-state index in [1.165, 1.54) is 11.3 Å². The van der Waals surface area contributed by atoms with Crippen LogP contribution in [0.2, 0.25) is 5.02 Å². The molecule has 0 N–H and O–H groups in total. The summed E-state index contributed by atoms with van der Waals surface area (Å²) in [5, 5.41) is 5.67. The molecule has 35 heavy (non-hydrogen) atoms. The van der Waals surface area contributed by atoms with E-state index >= 15 is 0 Å². The fourth-order valence-electron chi connectivity index (χ4n) is 3.88. The highest BCUT2D eigenvalue weighted by Crippen LogP contribution is 2.39. The third-order valence-corrected chi connectivity index (χ3v) is 7.46. The second kappa shape index (κ2) is 11.9. The summed E-state index contributed by atoms with van der Waals surface area (Å²) >= 11 is 7.86. The van der Waals surface area contributed by atoms with Gasteiger partial charge in [-0.25, -0.2) is 9.67 Å². The van der Waals surface area contributed by atoms with E-state index < -0.39 is 0 Å². The maximum absolute atomic E-state index is 13.9. The van der Waals surface area contributed by atoms with Gasteiger partial charge in [-0.1, -0.05) is 55.0 Å². The summed E-state index contributed by atoms with van der Waals surface area (Å²) in [6.45, 7) is 9.18. The van der Waals surface area contributed by atoms with Gasteiger partial charge in [0.2, 0.25) is 0 Å². The Labute approximate surface area is 220 Å². The number of ether oxygens (including phenoxy) is 1. The number of halogens is 2. The Morgan fingerprint density at radius 3 is 2.49 bits per heavy atom. The Hall–Kier alpha value is -2.65. The third-order valence-electron chi connectivity index (χ3n) is 5.92. The molecule has 0 saturated heterocycles. The van der Waals surface area contributed by atoms with Crippen molar-refractivity contribution in [3.63, 3.8) is 0 Å². The van der Waals surface area contributed by atoms with Crippen LogP contribution >= 0.6 is 35.3 Å². The molecule has 4 aromatic rings. The summed E-state index contributed by atoms with van der Waals surface area (Å²) in [5.41, 5.74) is 2.89. The minimum absolute atomic E-state index is 0. The van der Waals surface area contributed by atoms with Crippen LogP contribution in [-0.2, 0) is 0 Å². The summed E-state index contributed by atoms with van der Waals surface area (Å²) in [7, 11) is 1.60. The topological polar surface area (TPSA) is 63.5 Å². The summed E-state index contributed by atoms with van der Waals surface area (Å²) < 4.78 is 8.07. The predicted molar refractivity (Wildman–Crippen MR) is 146 cm³/mol. The first kappa shape index (κ1) is 26.9. The van der Waals surface area contributed by atoms with Crippen molar-refractivity contribution in [3.05, 3.63) is 64.9 Å². The largest absolute Gasteiger partial charge is 0.494 e. The molecule has 7 nitrogen and oxygen atoms in total. The van der Waals surface area contributed by atoms with Crippen LogP contribution in [0, 0.1) is 6.92 Å². The van der Waals surface area contributed by atoms with Crippen LogP contribution in [0.5, 0.6) is 5.75 Å². The molecule has 0 unspecified atom stereocenters. The van der Waals surface area contributed by atoms with E-state index in [1.54, 1.807) is 35.0 Å². The fraction of sp³-hybridized carbons (Fsp3) is 0.320. The molecule has 4 rings (SSSR count). The van der Waals surface area contributed by atoms with Crippen molar-refractivity contribution < 1.29 is 9.53 Å². The van der Waals surface area contributed by atoms with Crippen LogP contribution in [0.15, 0.2) is 48.7 Å². The molecule has 0 spiro atoms. The average Bonchev–Trinajstić information content (AvgIpc) is 3.47. The van der Waals surface area contributed by atoms with Crippen LogP contribution in [0.3, 0.4) is 0 Å². The molecule has 0 fully saturated rings. The van der Waals surface area contributed by atoms with Gasteiger partial charge in [-0.3, -0.25) is 9.69 Å². The minimum Gasteiger partial charge on any atom is -0.494 e. The van der Waals surface area contributed by atoms with E-state index in [-0.39, 0.29) is 18.3 Å².